The van der Waals surface area contributed by atoms with E-state index in [1.807, 2.05) is 17.8 Å². The van der Waals surface area contributed by atoms with Crippen molar-refractivity contribution in [3.8, 4) is 0 Å². The molecule has 0 heterocycles. The number of hydrogen-bond acceptors (Lipinski definition) is 2. The van der Waals surface area contributed by atoms with Crippen molar-refractivity contribution in [2.24, 2.45) is 5.92 Å². The molecule has 3 rings (SSSR count). The first-order chi connectivity index (χ1) is 7.80. The molecule has 1 aromatic rings. The van der Waals surface area contributed by atoms with Crippen molar-refractivity contribution < 1.29 is 4.79 Å². The average Bonchev–Trinajstić information content (AvgIpc) is 2.29. The molecule has 0 amide bonds. The lowest BCUT2D eigenvalue weighted by molar-refractivity contribution is -0.133. The zero-order valence-corrected chi connectivity index (χ0v) is 10.1. The zero-order valence-electron chi connectivity index (χ0n) is 9.32. The molecule has 16 heavy (non-hydrogen) atoms. The number of hydrogen-bond donors (Lipinski definition) is 0. The topological polar surface area (TPSA) is 17.1 Å². The summed E-state index contributed by atoms with van der Waals surface area (Å²) in [5.41, 5.74) is 0. The monoisotopic (exact) mass is 232 g/mol. The van der Waals surface area contributed by atoms with Gasteiger partial charge in [0.1, 0.15) is 5.78 Å². The van der Waals surface area contributed by atoms with E-state index in [0.29, 0.717) is 11.7 Å². The fraction of sp³-hybridized carbons (Fsp3) is 0.500. The van der Waals surface area contributed by atoms with Crippen molar-refractivity contribution in [3.05, 3.63) is 30.3 Å². The van der Waals surface area contributed by atoms with Gasteiger partial charge < -0.3 is 0 Å². The summed E-state index contributed by atoms with van der Waals surface area (Å²) in [5, 5.41) is 0. The van der Waals surface area contributed by atoms with Gasteiger partial charge in [-0.3, -0.25) is 4.79 Å². The van der Waals surface area contributed by atoms with Crippen LogP contribution in [-0.2, 0) is 4.79 Å². The van der Waals surface area contributed by atoms with Crippen LogP contribution in [0.25, 0.3) is 0 Å². The van der Waals surface area contributed by atoms with Gasteiger partial charge in [0.2, 0.25) is 0 Å². The standard InChI is InChI=1S/C14H16OS/c15-13-10-14(9-5-4-8-12(13)14)16-11-6-2-1-3-7-11/h1-3,6-7,12H,4-5,8-10H2/t12-,14+/m0/s1. The first kappa shape index (κ1) is 10.4. The molecule has 0 spiro atoms. The molecule has 2 fully saturated rings. The van der Waals surface area contributed by atoms with E-state index in [9.17, 15) is 4.79 Å². The summed E-state index contributed by atoms with van der Waals surface area (Å²) in [4.78, 5) is 13.0. The fourth-order valence-electron chi connectivity index (χ4n) is 3.04. The van der Waals surface area contributed by atoms with Gasteiger partial charge in [0.25, 0.3) is 0 Å². The second kappa shape index (κ2) is 3.92. The van der Waals surface area contributed by atoms with Gasteiger partial charge in [0.05, 0.1) is 0 Å². The molecule has 2 atom stereocenters. The minimum atomic E-state index is 0.261. The molecule has 84 valence electrons. The molecule has 0 N–H and O–H groups in total. The first-order valence-corrected chi connectivity index (χ1v) is 6.89. The van der Waals surface area contributed by atoms with E-state index in [4.69, 9.17) is 0 Å². The molecule has 2 aliphatic rings. The highest BCUT2D eigenvalue weighted by Crippen LogP contribution is 2.56. The fourth-order valence-corrected chi connectivity index (χ4v) is 4.66. The van der Waals surface area contributed by atoms with Crippen LogP contribution in [0.3, 0.4) is 0 Å². The van der Waals surface area contributed by atoms with Gasteiger partial charge in [-0.15, -0.1) is 11.8 Å². The molecular weight excluding hydrogens is 216 g/mol. The molecule has 0 unspecified atom stereocenters. The number of benzene rings is 1. The van der Waals surface area contributed by atoms with Crippen LogP contribution < -0.4 is 0 Å². The first-order valence-electron chi connectivity index (χ1n) is 6.07. The Hall–Kier alpha value is -0.760. The summed E-state index contributed by atoms with van der Waals surface area (Å²) in [6.45, 7) is 0. The number of carbonyl (C=O) groups is 1. The third-order valence-corrected chi connectivity index (χ3v) is 5.45. The smallest absolute Gasteiger partial charge is 0.138 e. The Morgan fingerprint density at radius 2 is 2.00 bits per heavy atom. The molecule has 2 aliphatic carbocycles. The summed E-state index contributed by atoms with van der Waals surface area (Å²) < 4.78 is 0.261. The van der Waals surface area contributed by atoms with Gasteiger partial charge >= 0.3 is 0 Å². The number of thioether (sulfide) groups is 1. The Balaban J connectivity index is 1.81. The summed E-state index contributed by atoms with van der Waals surface area (Å²) >= 11 is 1.94. The van der Waals surface area contributed by atoms with Gasteiger partial charge in [-0.2, -0.15) is 0 Å². The molecule has 0 saturated heterocycles. The lowest BCUT2D eigenvalue weighted by atomic mass is 9.64. The van der Waals surface area contributed by atoms with Crippen molar-refractivity contribution in [2.45, 2.75) is 41.7 Å². The van der Waals surface area contributed by atoms with Crippen molar-refractivity contribution in [1.82, 2.24) is 0 Å². The Bertz CT molecular complexity index is 400. The summed E-state index contributed by atoms with van der Waals surface area (Å²) in [7, 11) is 0. The third-order valence-electron chi connectivity index (χ3n) is 3.90. The maximum atomic E-state index is 11.6. The van der Waals surface area contributed by atoms with Gasteiger partial charge in [0.15, 0.2) is 0 Å². The molecule has 1 nitrogen and oxygen atoms in total. The lowest BCUT2D eigenvalue weighted by Gasteiger charge is -2.50. The van der Waals surface area contributed by atoms with Crippen LogP contribution in [-0.4, -0.2) is 10.5 Å². The summed E-state index contributed by atoms with van der Waals surface area (Å²) in [5.74, 6) is 0.856. The van der Waals surface area contributed by atoms with Crippen molar-refractivity contribution in [2.75, 3.05) is 0 Å². The largest absolute Gasteiger partial charge is 0.299 e. The van der Waals surface area contributed by atoms with Crippen LogP contribution in [0.4, 0.5) is 0 Å². The average molecular weight is 232 g/mol. The van der Waals surface area contributed by atoms with E-state index in [2.05, 4.69) is 24.3 Å². The second-order valence-electron chi connectivity index (χ2n) is 4.92. The maximum Gasteiger partial charge on any atom is 0.138 e. The molecule has 0 aliphatic heterocycles. The van der Waals surface area contributed by atoms with E-state index in [1.54, 1.807) is 0 Å². The van der Waals surface area contributed by atoms with Gasteiger partial charge in [-0.25, -0.2) is 0 Å². The molecule has 0 aromatic heterocycles. The number of rotatable bonds is 2. The van der Waals surface area contributed by atoms with Crippen LogP contribution in [0.2, 0.25) is 0 Å². The summed E-state index contributed by atoms with van der Waals surface area (Å²) in [6.07, 6.45) is 5.69. The quantitative estimate of drug-likeness (QED) is 0.773. The van der Waals surface area contributed by atoms with Crippen molar-refractivity contribution >= 4 is 17.5 Å². The van der Waals surface area contributed by atoms with Crippen LogP contribution in [0.1, 0.15) is 32.1 Å². The Morgan fingerprint density at radius 3 is 2.75 bits per heavy atom. The third kappa shape index (κ3) is 1.60. The second-order valence-corrected chi connectivity index (χ2v) is 6.41. The number of fused-ring (bicyclic) bond motifs is 1. The molecule has 0 bridgehead atoms. The maximum absolute atomic E-state index is 11.6. The molecular formula is C14H16OS. The van der Waals surface area contributed by atoms with Crippen LogP contribution in [0, 0.1) is 5.92 Å². The molecule has 2 saturated carbocycles. The Kier molecular flexibility index (Phi) is 2.55. The van der Waals surface area contributed by atoms with E-state index in [1.165, 1.54) is 24.2 Å². The zero-order chi connectivity index (χ0) is 11.0. The van der Waals surface area contributed by atoms with E-state index >= 15 is 0 Å². The predicted molar refractivity (Wildman–Crippen MR) is 66.6 cm³/mol. The van der Waals surface area contributed by atoms with E-state index < -0.39 is 0 Å². The Morgan fingerprint density at radius 1 is 1.19 bits per heavy atom. The molecule has 1 aromatic carbocycles. The highest BCUT2D eigenvalue weighted by atomic mass is 32.2. The predicted octanol–water partition coefficient (Wildman–Crippen LogP) is 3.68. The van der Waals surface area contributed by atoms with Gasteiger partial charge in [-0.1, -0.05) is 31.0 Å². The van der Waals surface area contributed by atoms with Crippen molar-refractivity contribution in [1.29, 1.82) is 0 Å². The van der Waals surface area contributed by atoms with Crippen LogP contribution in [0.15, 0.2) is 35.2 Å². The van der Waals surface area contributed by atoms with Gasteiger partial charge in [0, 0.05) is 22.0 Å². The van der Waals surface area contributed by atoms with Crippen molar-refractivity contribution in [3.63, 3.8) is 0 Å². The minimum absolute atomic E-state index is 0.261. The SMILES string of the molecule is O=C1C[C@]2(Sc3ccccc3)CCCC[C@@H]12. The highest BCUT2D eigenvalue weighted by Gasteiger charge is 2.54. The molecule has 0 radical (unpaired) electrons. The van der Waals surface area contributed by atoms with Crippen LogP contribution in [0.5, 0.6) is 0 Å². The Labute approximate surface area is 101 Å². The minimum Gasteiger partial charge on any atom is -0.299 e. The number of Topliss-reactive ketones (excluding diaryl/α,β-unsaturated/α-hetero) is 1. The lowest BCUT2D eigenvalue weighted by Crippen LogP contribution is -2.53. The summed E-state index contributed by atoms with van der Waals surface area (Å²) in [6, 6.07) is 10.5. The number of ketones is 1. The van der Waals surface area contributed by atoms with Gasteiger partial charge in [-0.05, 0) is 25.0 Å². The van der Waals surface area contributed by atoms with Crippen LogP contribution >= 0.6 is 11.8 Å². The van der Waals surface area contributed by atoms with E-state index in [-0.39, 0.29) is 4.75 Å². The normalized spacial score (nSPS) is 33.0. The van der Waals surface area contributed by atoms with E-state index in [0.717, 1.165) is 12.8 Å². The molecule has 2 heteroatoms. The number of carbonyl (C=O) groups excluding carboxylic acids is 1. The highest BCUT2D eigenvalue weighted by molar-refractivity contribution is 8.00.